The molecule has 2 saturated heterocycles. The Hall–Kier alpha value is -2.59. The number of carboxylic acid groups (broad SMARTS) is 1. The van der Waals surface area contributed by atoms with Crippen LogP contribution in [0.1, 0.15) is 12.0 Å². The van der Waals surface area contributed by atoms with Crippen molar-refractivity contribution < 1.29 is 28.7 Å². The topological polar surface area (TPSA) is 95.0 Å². The van der Waals surface area contributed by atoms with Crippen molar-refractivity contribution in [2.75, 3.05) is 6.54 Å². The molecule has 26 heavy (non-hydrogen) atoms. The Morgan fingerprint density at radius 2 is 1.96 bits per heavy atom. The smallest absolute Gasteiger partial charge is 0.323 e. The lowest BCUT2D eigenvalue weighted by Gasteiger charge is -2.20. The standard InChI is InChI=1S/C16H11FN2O5S2/c17-9-3-1-8(2-4-9)5-11-15(24)19(16(25)26-11)10-6-12(20)18(14(10)23)7-13(21)22/h1-5,10H,6-7H2,(H,21,22)/b11-5+/t10-/m0/s1. The van der Waals surface area contributed by atoms with Gasteiger partial charge in [0.15, 0.2) is 0 Å². The van der Waals surface area contributed by atoms with Gasteiger partial charge in [-0.05, 0) is 23.8 Å². The van der Waals surface area contributed by atoms with E-state index >= 15 is 0 Å². The number of aliphatic carboxylic acids is 1. The van der Waals surface area contributed by atoms with E-state index in [9.17, 15) is 23.6 Å². The van der Waals surface area contributed by atoms with Crippen molar-refractivity contribution in [1.82, 2.24) is 9.80 Å². The average Bonchev–Trinajstić information content (AvgIpc) is 2.99. The lowest BCUT2D eigenvalue weighted by atomic mass is 10.2. The highest BCUT2D eigenvalue weighted by Crippen LogP contribution is 2.36. The maximum absolute atomic E-state index is 13.0. The van der Waals surface area contributed by atoms with Gasteiger partial charge in [-0.25, -0.2) is 4.39 Å². The van der Waals surface area contributed by atoms with Gasteiger partial charge >= 0.3 is 5.97 Å². The summed E-state index contributed by atoms with van der Waals surface area (Å²) in [5.74, 6) is -3.72. The molecule has 1 N–H and O–H groups in total. The Balaban J connectivity index is 1.83. The van der Waals surface area contributed by atoms with Gasteiger partial charge in [-0.15, -0.1) is 0 Å². The molecule has 0 aliphatic carbocycles. The molecule has 1 aromatic carbocycles. The Morgan fingerprint density at radius 3 is 2.58 bits per heavy atom. The minimum atomic E-state index is -1.33. The van der Waals surface area contributed by atoms with Crippen LogP contribution in [0.5, 0.6) is 0 Å². The van der Waals surface area contributed by atoms with Gasteiger partial charge < -0.3 is 5.11 Å². The number of amides is 3. The van der Waals surface area contributed by atoms with Crippen LogP contribution in [0.2, 0.25) is 0 Å². The summed E-state index contributed by atoms with van der Waals surface area (Å²) in [6, 6.07) is 4.32. The van der Waals surface area contributed by atoms with E-state index in [0.29, 0.717) is 10.5 Å². The zero-order valence-electron chi connectivity index (χ0n) is 13.0. The molecule has 3 amide bonds. The van der Waals surface area contributed by atoms with Crippen molar-refractivity contribution in [3.05, 3.63) is 40.6 Å². The van der Waals surface area contributed by atoms with E-state index in [4.69, 9.17) is 17.3 Å². The van der Waals surface area contributed by atoms with Crippen molar-refractivity contribution in [2.45, 2.75) is 12.5 Å². The number of halogens is 1. The number of rotatable bonds is 4. The highest BCUT2D eigenvalue weighted by molar-refractivity contribution is 8.26. The van der Waals surface area contributed by atoms with Gasteiger partial charge in [-0.2, -0.15) is 0 Å². The molecule has 10 heteroatoms. The van der Waals surface area contributed by atoms with Crippen LogP contribution in [0.3, 0.4) is 0 Å². The predicted octanol–water partition coefficient (Wildman–Crippen LogP) is 1.24. The van der Waals surface area contributed by atoms with Gasteiger partial charge in [0.2, 0.25) is 5.91 Å². The van der Waals surface area contributed by atoms with E-state index in [1.165, 1.54) is 30.3 Å². The average molecular weight is 394 g/mol. The molecule has 2 fully saturated rings. The molecule has 1 aromatic rings. The summed E-state index contributed by atoms with van der Waals surface area (Å²) in [6.45, 7) is -0.756. The first-order chi connectivity index (χ1) is 12.3. The number of carbonyl (C=O) groups excluding carboxylic acids is 3. The maximum Gasteiger partial charge on any atom is 0.323 e. The van der Waals surface area contributed by atoms with Crippen LogP contribution in [0, 0.1) is 5.82 Å². The van der Waals surface area contributed by atoms with Gasteiger partial charge in [-0.3, -0.25) is 29.0 Å². The Kier molecular flexibility index (Phi) is 4.88. The molecule has 1 atom stereocenters. The molecule has 134 valence electrons. The van der Waals surface area contributed by atoms with E-state index in [1.54, 1.807) is 0 Å². The van der Waals surface area contributed by atoms with Gasteiger partial charge in [-0.1, -0.05) is 36.1 Å². The number of imide groups is 1. The number of thiocarbonyl (C=S) groups is 1. The second kappa shape index (κ2) is 6.96. The quantitative estimate of drug-likeness (QED) is 0.466. The molecule has 0 aromatic heterocycles. The summed E-state index contributed by atoms with van der Waals surface area (Å²) in [7, 11) is 0. The highest BCUT2D eigenvalue weighted by Gasteiger charge is 2.48. The summed E-state index contributed by atoms with van der Waals surface area (Å²) in [4.78, 5) is 49.6. The first-order valence-corrected chi connectivity index (χ1v) is 8.59. The van der Waals surface area contributed by atoms with Crippen LogP contribution in [0.15, 0.2) is 29.2 Å². The van der Waals surface area contributed by atoms with E-state index < -0.39 is 42.1 Å². The van der Waals surface area contributed by atoms with Crippen molar-refractivity contribution >= 4 is 58.1 Å². The lowest BCUT2D eigenvalue weighted by molar-refractivity contribution is -0.149. The predicted molar refractivity (Wildman–Crippen MR) is 94.2 cm³/mol. The highest BCUT2D eigenvalue weighted by atomic mass is 32.2. The zero-order valence-corrected chi connectivity index (χ0v) is 14.7. The molecule has 0 bridgehead atoms. The van der Waals surface area contributed by atoms with Crippen molar-refractivity contribution in [2.24, 2.45) is 0 Å². The normalized spacial score (nSPS) is 22.0. The molecular formula is C16H11FN2O5S2. The third-order valence-corrected chi connectivity index (χ3v) is 5.15. The number of nitrogens with zero attached hydrogens (tertiary/aromatic N) is 2. The summed E-state index contributed by atoms with van der Waals surface area (Å²) < 4.78 is 13.1. The fourth-order valence-electron chi connectivity index (χ4n) is 2.63. The summed E-state index contributed by atoms with van der Waals surface area (Å²) in [5, 5.41) is 8.80. The van der Waals surface area contributed by atoms with Gasteiger partial charge in [0.1, 0.15) is 22.7 Å². The minimum Gasteiger partial charge on any atom is -0.480 e. The van der Waals surface area contributed by atoms with Crippen LogP contribution in [-0.4, -0.2) is 55.5 Å². The maximum atomic E-state index is 13.0. The van der Waals surface area contributed by atoms with Crippen LogP contribution in [0.25, 0.3) is 6.08 Å². The Bertz CT molecular complexity index is 868. The molecule has 2 aliphatic heterocycles. The van der Waals surface area contributed by atoms with Gasteiger partial charge in [0.05, 0.1) is 11.3 Å². The van der Waals surface area contributed by atoms with Crippen molar-refractivity contribution in [3.63, 3.8) is 0 Å². The first kappa shape index (κ1) is 18.2. The third kappa shape index (κ3) is 3.37. The fraction of sp³-hybridized carbons (Fsp3) is 0.188. The van der Waals surface area contributed by atoms with Crippen LogP contribution in [-0.2, 0) is 19.2 Å². The Labute approximate surface area is 156 Å². The van der Waals surface area contributed by atoms with Crippen molar-refractivity contribution in [3.8, 4) is 0 Å². The molecule has 2 aliphatic rings. The molecule has 0 spiro atoms. The SMILES string of the molecule is O=C(O)CN1C(=O)C[C@H](N2C(=O)/C(=C\c3ccc(F)cc3)SC2=S)C1=O. The van der Waals surface area contributed by atoms with Gasteiger partial charge in [0, 0.05) is 0 Å². The van der Waals surface area contributed by atoms with E-state index in [0.717, 1.165) is 16.7 Å². The molecule has 7 nitrogen and oxygen atoms in total. The number of carboxylic acids is 1. The van der Waals surface area contributed by atoms with E-state index in [1.807, 2.05) is 0 Å². The number of thioether (sulfide) groups is 1. The minimum absolute atomic E-state index is 0.103. The number of benzene rings is 1. The molecule has 3 rings (SSSR count). The van der Waals surface area contributed by atoms with E-state index in [2.05, 4.69) is 0 Å². The monoisotopic (exact) mass is 394 g/mol. The van der Waals surface area contributed by atoms with Crippen molar-refractivity contribution in [1.29, 1.82) is 0 Å². The van der Waals surface area contributed by atoms with E-state index in [-0.39, 0.29) is 15.6 Å². The second-order valence-electron chi connectivity index (χ2n) is 5.54. The third-order valence-electron chi connectivity index (χ3n) is 3.82. The number of likely N-dealkylation sites (tertiary alicyclic amines) is 1. The lowest BCUT2D eigenvalue weighted by Crippen LogP contribution is -2.45. The summed E-state index contributed by atoms with van der Waals surface area (Å²) in [6.07, 6.45) is 1.19. The molecule has 2 heterocycles. The molecular weight excluding hydrogens is 383 g/mol. The van der Waals surface area contributed by atoms with Crippen LogP contribution in [0.4, 0.5) is 4.39 Å². The molecule has 0 radical (unpaired) electrons. The fourth-order valence-corrected chi connectivity index (χ4v) is 3.98. The second-order valence-corrected chi connectivity index (χ2v) is 7.21. The molecule has 0 unspecified atom stereocenters. The van der Waals surface area contributed by atoms with Crippen LogP contribution < -0.4 is 0 Å². The van der Waals surface area contributed by atoms with Crippen LogP contribution >= 0.6 is 24.0 Å². The summed E-state index contributed by atoms with van der Waals surface area (Å²) in [5.41, 5.74) is 0.577. The summed E-state index contributed by atoms with van der Waals surface area (Å²) >= 11 is 6.12. The number of hydrogen-bond acceptors (Lipinski definition) is 6. The largest absolute Gasteiger partial charge is 0.480 e. The zero-order chi connectivity index (χ0) is 19.0. The van der Waals surface area contributed by atoms with Gasteiger partial charge in [0.25, 0.3) is 11.8 Å². The number of carbonyl (C=O) groups is 4. The number of hydrogen-bond donors (Lipinski definition) is 1. The molecule has 0 saturated carbocycles. The first-order valence-electron chi connectivity index (χ1n) is 7.36. The Morgan fingerprint density at radius 1 is 1.31 bits per heavy atom.